The third-order valence-electron chi connectivity index (χ3n) is 5.10. The molecule has 0 atom stereocenters. The number of furan rings is 1. The Labute approximate surface area is 175 Å². The molecule has 0 fully saturated rings. The maximum Gasteiger partial charge on any atom is 0.268 e. The van der Waals surface area contributed by atoms with Crippen LogP contribution in [0.4, 0.5) is 0 Å². The van der Waals surface area contributed by atoms with Crippen molar-refractivity contribution < 1.29 is 18.7 Å². The molecule has 0 unspecified atom stereocenters. The number of hydrogen-bond acceptors (Lipinski definition) is 4. The Kier molecular flexibility index (Phi) is 5.65. The Morgan fingerprint density at radius 2 is 1.77 bits per heavy atom. The SMILES string of the molecule is CCOc1ccc(CCNC(=O)c2cc3oc4ccccc4c3n2C)cc1OCC. The molecular weight excluding hydrogens is 380 g/mol. The second-order valence-electron chi connectivity index (χ2n) is 7.05. The number of hydrogen-bond donors (Lipinski definition) is 1. The van der Waals surface area contributed by atoms with E-state index in [9.17, 15) is 4.79 Å². The van der Waals surface area contributed by atoms with Crippen molar-refractivity contribution in [2.75, 3.05) is 19.8 Å². The molecule has 4 rings (SSSR count). The fourth-order valence-corrected chi connectivity index (χ4v) is 3.72. The van der Waals surface area contributed by atoms with Crippen LogP contribution in [-0.2, 0) is 13.5 Å². The lowest BCUT2D eigenvalue weighted by molar-refractivity contribution is 0.0946. The number of amides is 1. The van der Waals surface area contributed by atoms with Crippen molar-refractivity contribution in [3.05, 3.63) is 59.8 Å². The van der Waals surface area contributed by atoms with Crippen molar-refractivity contribution >= 4 is 28.0 Å². The molecule has 0 bridgehead atoms. The Bertz CT molecular complexity index is 1190. The van der Waals surface area contributed by atoms with Crippen molar-refractivity contribution in [2.24, 2.45) is 7.05 Å². The summed E-state index contributed by atoms with van der Waals surface area (Å²) in [5, 5.41) is 4.01. The summed E-state index contributed by atoms with van der Waals surface area (Å²) in [4.78, 5) is 12.7. The normalized spacial score (nSPS) is 11.2. The number of aryl methyl sites for hydroxylation is 1. The highest BCUT2D eigenvalue weighted by atomic mass is 16.5. The lowest BCUT2D eigenvalue weighted by atomic mass is 10.1. The van der Waals surface area contributed by atoms with E-state index in [-0.39, 0.29) is 5.91 Å². The molecule has 0 spiro atoms. The summed E-state index contributed by atoms with van der Waals surface area (Å²) in [6.07, 6.45) is 0.696. The van der Waals surface area contributed by atoms with Gasteiger partial charge < -0.3 is 23.8 Å². The largest absolute Gasteiger partial charge is 0.490 e. The van der Waals surface area contributed by atoms with Crippen molar-refractivity contribution in [3.63, 3.8) is 0 Å². The molecule has 0 saturated heterocycles. The standard InChI is InChI=1S/C24H26N2O4/c1-4-28-20-11-10-16(14-21(20)29-5-2)12-13-25-24(27)18-15-22-23(26(18)3)17-8-6-7-9-19(17)30-22/h6-11,14-15H,4-5,12-13H2,1-3H3,(H,25,27). The third-order valence-corrected chi connectivity index (χ3v) is 5.10. The Balaban J connectivity index is 1.45. The summed E-state index contributed by atoms with van der Waals surface area (Å²) >= 11 is 0. The zero-order valence-electron chi connectivity index (χ0n) is 17.5. The fourth-order valence-electron chi connectivity index (χ4n) is 3.72. The van der Waals surface area contributed by atoms with E-state index in [4.69, 9.17) is 13.9 Å². The number of aromatic nitrogens is 1. The van der Waals surface area contributed by atoms with Crippen LogP contribution in [0.3, 0.4) is 0 Å². The minimum Gasteiger partial charge on any atom is -0.490 e. The average molecular weight is 406 g/mol. The number of ether oxygens (including phenoxy) is 2. The minimum atomic E-state index is -0.121. The molecule has 6 nitrogen and oxygen atoms in total. The number of carbonyl (C=O) groups excluding carboxylic acids is 1. The van der Waals surface area contributed by atoms with E-state index in [2.05, 4.69) is 5.32 Å². The molecule has 4 aromatic rings. The number of para-hydroxylation sites is 1. The quantitative estimate of drug-likeness (QED) is 0.461. The first-order valence-corrected chi connectivity index (χ1v) is 10.3. The maximum absolute atomic E-state index is 12.7. The molecule has 0 aliphatic carbocycles. The highest BCUT2D eigenvalue weighted by Crippen LogP contribution is 2.31. The molecule has 30 heavy (non-hydrogen) atoms. The second-order valence-corrected chi connectivity index (χ2v) is 7.05. The Morgan fingerprint density at radius 3 is 2.57 bits per heavy atom. The molecule has 0 aliphatic rings. The number of rotatable bonds is 8. The Hall–Kier alpha value is -3.41. The predicted octanol–water partition coefficient (Wildman–Crippen LogP) is 4.69. The molecule has 6 heteroatoms. The number of nitrogens with zero attached hydrogens (tertiary/aromatic N) is 1. The van der Waals surface area contributed by atoms with Crippen LogP contribution < -0.4 is 14.8 Å². The molecule has 2 aromatic carbocycles. The van der Waals surface area contributed by atoms with E-state index in [1.54, 1.807) is 6.07 Å². The lowest BCUT2D eigenvalue weighted by Crippen LogP contribution is -2.27. The molecule has 1 N–H and O–H groups in total. The van der Waals surface area contributed by atoms with E-state index in [1.807, 2.05) is 67.9 Å². The molecule has 156 valence electrons. The van der Waals surface area contributed by atoms with Gasteiger partial charge in [-0.1, -0.05) is 18.2 Å². The van der Waals surface area contributed by atoms with Crippen LogP contribution in [-0.4, -0.2) is 30.2 Å². The maximum atomic E-state index is 12.7. The van der Waals surface area contributed by atoms with Crippen LogP contribution in [0.15, 0.2) is 52.9 Å². The van der Waals surface area contributed by atoms with Gasteiger partial charge in [-0.25, -0.2) is 0 Å². The first-order valence-electron chi connectivity index (χ1n) is 10.3. The number of carbonyl (C=O) groups is 1. The Morgan fingerprint density at radius 1 is 1.00 bits per heavy atom. The van der Waals surface area contributed by atoms with Gasteiger partial charge in [-0.3, -0.25) is 4.79 Å². The molecule has 2 aromatic heterocycles. The van der Waals surface area contributed by atoms with Gasteiger partial charge in [-0.2, -0.15) is 0 Å². The third kappa shape index (κ3) is 3.73. The molecule has 1 amide bonds. The van der Waals surface area contributed by atoms with Crippen LogP contribution in [0, 0.1) is 0 Å². The van der Waals surface area contributed by atoms with Crippen LogP contribution in [0.25, 0.3) is 22.1 Å². The summed E-state index contributed by atoms with van der Waals surface area (Å²) in [6, 6.07) is 15.5. The van der Waals surface area contributed by atoms with Gasteiger partial charge in [-0.05, 0) is 50.1 Å². The lowest BCUT2D eigenvalue weighted by Gasteiger charge is -2.12. The van der Waals surface area contributed by atoms with Crippen LogP contribution >= 0.6 is 0 Å². The smallest absolute Gasteiger partial charge is 0.268 e. The molecule has 0 saturated carbocycles. The van der Waals surface area contributed by atoms with E-state index >= 15 is 0 Å². The predicted molar refractivity (Wildman–Crippen MR) is 118 cm³/mol. The van der Waals surface area contributed by atoms with Gasteiger partial charge in [0.15, 0.2) is 17.1 Å². The van der Waals surface area contributed by atoms with Gasteiger partial charge in [-0.15, -0.1) is 0 Å². The molecule has 0 radical (unpaired) electrons. The molecule has 0 aliphatic heterocycles. The van der Waals surface area contributed by atoms with E-state index in [0.717, 1.165) is 39.1 Å². The second kappa shape index (κ2) is 8.53. The van der Waals surface area contributed by atoms with Gasteiger partial charge in [0.1, 0.15) is 11.3 Å². The van der Waals surface area contributed by atoms with Crippen LogP contribution in [0.2, 0.25) is 0 Å². The van der Waals surface area contributed by atoms with Crippen molar-refractivity contribution in [3.8, 4) is 11.5 Å². The summed E-state index contributed by atoms with van der Waals surface area (Å²) in [7, 11) is 1.89. The molecular formula is C24H26N2O4. The van der Waals surface area contributed by atoms with Gasteiger partial charge in [0, 0.05) is 25.0 Å². The summed E-state index contributed by atoms with van der Waals surface area (Å²) < 4.78 is 19.0. The number of benzene rings is 2. The summed E-state index contributed by atoms with van der Waals surface area (Å²) in [6.45, 7) is 5.57. The van der Waals surface area contributed by atoms with Crippen LogP contribution in [0.1, 0.15) is 29.9 Å². The van der Waals surface area contributed by atoms with Crippen molar-refractivity contribution in [2.45, 2.75) is 20.3 Å². The highest BCUT2D eigenvalue weighted by molar-refractivity contribution is 6.07. The summed E-state index contributed by atoms with van der Waals surface area (Å²) in [5.41, 5.74) is 4.14. The first kappa shape index (κ1) is 19.9. The molecule has 2 heterocycles. The van der Waals surface area contributed by atoms with Gasteiger partial charge in [0.2, 0.25) is 0 Å². The van der Waals surface area contributed by atoms with Crippen molar-refractivity contribution in [1.29, 1.82) is 0 Å². The topological polar surface area (TPSA) is 65.6 Å². The zero-order chi connectivity index (χ0) is 21.1. The number of fused-ring (bicyclic) bond motifs is 3. The van der Waals surface area contributed by atoms with Gasteiger partial charge in [0.05, 0.1) is 18.7 Å². The highest BCUT2D eigenvalue weighted by Gasteiger charge is 2.18. The zero-order valence-corrected chi connectivity index (χ0v) is 17.5. The number of nitrogens with one attached hydrogen (secondary N) is 1. The van der Waals surface area contributed by atoms with Crippen LogP contribution in [0.5, 0.6) is 11.5 Å². The van der Waals surface area contributed by atoms with E-state index in [0.29, 0.717) is 31.9 Å². The average Bonchev–Trinajstić information content (AvgIpc) is 3.26. The van der Waals surface area contributed by atoms with Gasteiger partial charge >= 0.3 is 0 Å². The van der Waals surface area contributed by atoms with Crippen molar-refractivity contribution in [1.82, 2.24) is 9.88 Å². The monoisotopic (exact) mass is 406 g/mol. The first-order chi connectivity index (χ1) is 14.6. The van der Waals surface area contributed by atoms with E-state index < -0.39 is 0 Å². The summed E-state index contributed by atoms with van der Waals surface area (Å²) in [5.74, 6) is 1.35. The fraction of sp³-hybridized carbons (Fsp3) is 0.292. The van der Waals surface area contributed by atoms with E-state index in [1.165, 1.54) is 0 Å². The minimum absolute atomic E-state index is 0.121. The van der Waals surface area contributed by atoms with Gasteiger partial charge in [0.25, 0.3) is 5.91 Å².